The molecule has 3 nitrogen and oxygen atoms in total. The molecule has 0 radical (unpaired) electrons. The molecular formula is C21H20FNO2. The van der Waals surface area contributed by atoms with Gasteiger partial charge in [-0.15, -0.1) is 0 Å². The normalized spacial score (nSPS) is 16.6. The van der Waals surface area contributed by atoms with E-state index in [1.165, 1.54) is 6.07 Å². The van der Waals surface area contributed by atoms with Crippen LogP contribution in [0.25, 0.3) is 0 Å². The highest BCUT2D eigenvalue weighted by Crippen LogP contribution is 2.12. The predicted octanol–water partition coefficient (Wildman–Crippen LogP) is 3.52. The van der Waals surface area contributed by atoms with Crippen LogP contribution in [0.1, 0.15) is 40.7 Å². The molecule has 0 saturated carbocycles. The number of hydrogen-bond acceptors (Lipinski definition) is 2. The SMILES string of the molecule is O=C(NCC1CCCCO1)c1ccc(C#Cc2ccccc2F)cc1. The van der Waals surface area contributed by atoms with Crippen molar-refractivity contribution in [2.75, 3.05) is 13.2 Å². The zero-order valence-corrected chi connectivity index (χ0v) is 13.9. The number of benzene rings is 2. The summed E-state index contributed by atoms with van der Waals surface area (Å²) in [6.45, 7) is 1.31. The second-order valence-corrected chi connectivity index (χ2v) is 6.01. The number of rotatable bonds is 3. The van der Waals surface area contributed by atoms with Crippen LogP contribution in [0.2, 0.25) is 0 Å². The second kappa shape index (κ2) is 8.46. The van der Waals surface area contributed by atoms with Gasteiger partial charge in [0.25, 0.3) is 5.91 Å². The first-order chi connectivity index (χ1) is 12.2. The molecule has 0 spiro atoms. The molecule has 1 N–H and O–H groups in total. The number of halogens is 1. The van der Waals surface area contributed by atoms with Crippen molar-refractivity contribution in [1.29, 1.82) is 0 Å². The van der Waals surface area contributed by atoms with Crippen molar-refractivity contribution in [3.8, 4) is 11.8 Å². The lowest BCUT2D eigenvalue weighted by Gasteiger charge is -2.22. The van der Waals surface area contributed by atoms with Crippen molar-refractivity contribution in [3.63, 3.8) is 0 Å². The average Bonchev–Trinajstić information content (AvgIpc) is 2.67. The van der Waals surface area contributed by atoms with E-state index >= 15 is 0 Å². The fraction of sp³-hybridized carbons (Fsp3) is 0.286. The smallest absolute Gasteiger partial charge is 0.251 e. The van der Waals surface area contributed by atoms with E-state index < -0.39 is 0 Å². The first kappa shape index (κ1) is 17.2. The van der Waals surface area contributed by atoms with Gasteiger partial charge in [-0.2, -0.15) is 0 Å². The fourth-order valence-corrected chi connectivity index (χ4v) is 2.68. The van der Waals surface area contributed by atoms with Crippen LogP contribution in [0.3, 0.4) is 0 Å². The van der Waals surface area contributed by atoms with Crippen molar-refractivity contribution in [2.24, 2.45) is 0 Å². The van der Waals surface area contributed by atoms with Gasteiger partial charge in [-0.1, -0.05) is 24.0 Å². The van der Waals surface area contributed by atoms with E-state index in [0.717, 1.165) is 31.4 Å². The maximum atomic E-state index is 13.5. The third kappa shape index (κ3) is 4.91. The van der Waals surface area contributed by atoms with Crippen LogP contribution in [-0.2, 0) is 4.74 Å². The topological polar surface area (TPSA) is 38.3 Å². The molecule has 4 heteroatoms. The molecule has 1 fully saturated rings. The van der Waals surface area contributed by atoms with E-state index in [1.807, 2.05) is 0 Å². The molecule has 1 atom stereocenters. The van der Waals surface area contributed by atoms with Crippen LogP contribution in [0.15, 0.2) is 48.5 Å². The highest BCUT2D eigenvalue weighted by Gasteiger charge is 2.15. The van der Waals surface area contributed by atoms with Gasteiger partial charge in [0.2, 0.25) is 0 Å². The van der Waals surface area contributed by atoms with Crippen LogP contribution in [-0.4, -0.2) is 25.2 Å². The Morgan fingerprint density at radius 3 is 2.64 bits per heavy atom. The zero-order chi connectivity index (χ0) is 17.5. The molecular weight excluding hydrogens is 317 g/mol. The zero-order valence-electron chi connectivity index (χ0n) is 13.9. The van der Waals surface area contributed by atoms with Gasteiger partial charge in [-0.25, -0.2) is 4.39 Å². The van der Waals surface area contributed by atoms with E-state index in [1.54, 1.807) is 42.5 Å². The summed E-state index contributed by atoms with van der Waals surface area (Å²) >= 11 is 0. The van der Waals surface area contributed by atoms with Gasteiger partial charge in [0, 0.05) is 24.3 Å². The maximum Gasteiger partial charge on any atom is 0.251 e. The number of carbonyl (C=O) groups is 1. The summed E-state index contributed by atoms with van der Waals surface area (Å²) in [6.07, 6.45) is 3.35. The van der Waals surface area contributed by atoms with Gasteiger partial charge >= 0.3 is 0 Å². The van der Waals surface area contributed by atoms with Crippen molar-refractivity contribution >= 4 is 5.91 Å². The molecule has 1 heterocycles. The Morgan fingerprint density at radius 2 is 1.92 bits per heavy atom. The van der Waals surface area contributed by atoms with Crippen molar-refractivity contribution in [2.45, 2.75) is 25.4 Å². The summed E-state index contributed by atoms with van der Waals surface area (Å²) in [5.41, 5.74) is 1.67. The minimum atomic E-state index is -0.337. The van der Waals surface area contributed by atoms with E-state index in [2.05, 4.69) is 17.2 Å². The molecule has 1 aliphatic heterocycles. The molecule has 1 amide bonds. The third-order valence-corrected chi connectivity index (χ3v) is 4.13. The summed E-state index contributed by atoms with van der Waals surface area (Å²) in [7, 11) is 0. The molecule has 1 aliphatic rings. The molecule has 0 aromatic heterocycles. The Kier molecular flexibility index (Phi) is 5.81. The van der Waals surface area contributed by atoms with Gasteiger partial charge in [-0.05, 0) is 55.7 Å². The Labute approximate surface area is 147 Å². The molecule has 1 unspecified atom stereocenters. The Bertz CT molecular complexity index is 784. The van der Waals surface area contributed by atoms with Gasteiger partial charge in [0.15, 0.2) is 0 Å². The van der Waals surface area contributed by atoms with Gasteiger partial charge in [-0.3, -0.25) is 4.79 Å². The van der Waals surface area contributed by atoms with Gasteiger partial charge in [0.1, 0.15) is 5.82 Å². The lowest BCUT2D eigenvalue weighted by molar-refractivity contribution is 0.0169. The standard InChI is InChI=1S/C21H20FNO2/c22-20-7-2-1-5-17(20)11-8-16-9-12-18(13-10-16)21(24)23-15-19-6-3-4-14-25-19/h1-2,5,7,9-10,12-13,19H,3-4,6,14-15H2,(H,23,24). The summed E-state index contributed by atoms with van der Waals surface area (Å²) in [6, 6.07) is 13.4. The van der Waals surface area contributed by atoms with Crippen molar-refractivity contribution in [3.05, 3.63) is 71.0 Å². The Hall–Kier alpha value is -2.64. The largest absolute Gasteiger partial charge is 0.376 e. The molecule has 2 aromatic carbocycles. The number of hydrogen-bond donors (Lipinski definition) is 1. The summed E-state index contributed by atoms with van der Waals surface area (Å²) in [5, 5.41) is 2.90. The highest BCUT2D eigenvalue weighted by atomic mass is 19.1. The lowest BCUT2D eigenvalue weighted by Crippen LogP contribution is -2.35. The molecule has 128 valence electrons. The number of nitrogens with one attached hydrogen (secondary N) is 1. The quantitative estimate of drug-likeness (QED) is 0.870. The monoisotopic (exact) mass is 337 g/mol. The molecule has 3 rings (SSSR count). The minimum Gasteiger partial charge on any atom is -0.376 e. The highest BCUT2D eigenvalue weighted by molar-refractivity contribution is 5.94. The minimum absolute atomic E-state index is 0.114. The van der Waals surface area contributed by atoms with Crippen LogP contribution in [0.4, 0.5) is 4.39 Å². The van der Waals surface area contributed by atoms with E-state index in [-0.39, 0.29) is 17.8 Å². The number of amides is 1. The van der Waals surface area contributed by atoms with Crippen molar-refractivity contribution in [1.82, 2.24) is 5.32 Å². The Morgan fingerprint density at radius 1 is 1.12 bits per heavy atom. The van der Waals surface area contributed by atoms with Crippen LogP contribution < -0.4 is 5.32 Å². The van der Waals surface area contributed by atoms with E-state index in [9.17, 15) is 9.18 Å². The third-order valence-electron chi connectivity index (χ3n) is 4.13. The van der Waals surface area contributed by atoms with Crippen LogP contribution >= 0.6 is 0 Å². The number of ether oxygens (including phenoxy) is 1. The predicted molar refractivity (Wildman–Crippen MR) is 94.7 cm³/mol. The van der Waals surface area contributed by atoms with Gasteiger partial charge in [0.05, 0.1) is 11.7 Å². The summed E-state index contributed by atoms with van der Waals surface area (Å²) in [4.78, 5) is 12.2. The lowest BCUT2D eigenvalue weighted by atomic mass is 10.1. The fourth-order valence-electron chi connectivity index (χ4n) is 2.68. The summed E-state index contributed by atoms with van der Waals surface area (Å²) < 4.78 is 19.1. The molecule has 25 heavy (non-hydrogen) atoms. The average molecular weight is 337 g/mol. The molecule has 0 aliphatic carbocycles. The van der Waals surface area contributed by atoms with E-state index in [4.69, 9.17) is 4.74 Å². The Balaban J connectivity index is 1.58. The summed E-state index contributed by atoms with van der Waals surface area (Å²) in [5.74, 6) is 5.25. The van der Waals surface area contributed by atoms with Gasteiger partial charge < -0.3 is 10.1 Å². The van der Waals surface area contributed by atoms with Crippen molar-refractivity contribution < 1.29 is 13.9 Å². The second-order valence-electron chi connectivity index (χ2n) is 6.01. The van der Waals surface area contributed by atoms with E-state index in [0.29, 0.717) is 17.7 Å². The van der Waals surface area contributed by atoms with Crippen LogP contribution in [0.5, 0.6) is 0 Å². The molecule has 0 bridgehead atoms. The number of carbonyl (C=O) groups excluding carboxylic acids is 1. The molecule has 2 aromatic rings. The molecule has 1 saturated heterocycles. The first-order valence-electron chi connectivity index (χ1n) is 8.49. The van der Waals surface area contributed by atoms with Crippen LogP contribution in [0, 0.1) is 17.7 Å². The first-order valence-corrected chi connectivity index (χ1v) is 8.49. The maximum absolute atomic E-state index is 13.5.